The summed E-state index contributed by atoms with van der Waals surface area (Å²) in [5.41, 5.74) is 4.06. The fourth-order valence-corrected chi connectivity index (χ4v) is 1.96. The molecule has 0 amide bonds. The van der Waals surface area contributed by atoms with Crippen LogP contribution >= 0.6 is 0 Å². The van der Waals surface area contributed by atoms with E-state index in [2.05, 4.69) is 34.2 Å². The average Bonchev–Trinajstić information content (AvgIpc) is 2.29. The van der Waals surface area contributed by atoms with Crippen molar-refractivity contribution in [2.45, 2.75) is 13.8 Å². The molecule has 3 rings (SSSR count). The second-order valence-electron chi connectivity index (χ2n) is 4.11. The molecule has 0 saturated heterocycles. The molecule has 0 bridgehead atoms. The van der Waals surface area contributed by atoms with E-state index in [-0.39, 0.29) is 22.4 Å². The minimum absolute atomic E-state index is 0. The van der Waals surface area contributed by atoms with Crippen LogP contribution in [0.2, 0.25) is 0 Å². The first kappa shape index (κ1) is 12.2. The number of hydrogen-bond donors (Lipinski definition) is 0. The Morgan fingerprint density at radius 1 is 0.647 bits per heavy atom. The number of nitrogens with zero attached hydrogens (tertiary/aromatic N) is 2. The smallest absolute Gasteiger partial charge is 0.251 e. The van der Waals surface area contributed by atoms with Crippen LogP contribution in [0.15, 0.2) is 36.4 Å². The van der Waals surface area contributed by atoms with Gasteiger partial charge in [-0.15, -0.1) is 0 Å². The van der Waals surface area contributed by atoms with Crippen LogP contribution in [-0.2, 0) is 22.4 Å². The van der Waals surface area contributed by atoms with Crippen LogP contribution in [0, 0.1) is 13.8 Å². The van der Waals surface area contributed by atoms with E-state index < -0.39 is 0 Å². The Balaban J connectivity index is 0.00000108. The largest absolute Gasteiger partial charge is 1.00 e. The normalized spacial score (nSPS) is 10.5. The third-order valence-electron chi connectivity index (χ3n) is 2.80. The molecule has 0 saturated carbocycles. The van der Waals surface area contributed by atoms with Gasteiger partial charge >= 0.3 is 22.4 Å². The maximum absolute atomic E-state index is 4.58. The summed E-state index contributed by atoms with van der Waals surface area (Å²) >= 11 is 0. The zero-order valence-electron chi connectivity index (χ0n) is 9.66. The van der Waals surface area contributed by atoms with Gasteiger partial charge in [0.25, 0.3) is 0 Å². The molecule has 0 N–H and O–H groups in total. The average molecular weight is 316 g/mol. The van der Waals surface area contributed by atoms with Crippen LogP contribution in [0.3, 0.4) is 0 Å². The fourth-order valence-electron chi connectivity index (χ4n) is 1.96. The first-order valence-corrected chi connectivity index (χ1v) is 5.38. The molecule has 0 radical (unpaired) electrons. The first-order valence-electron chi connectivity index (χ1n) is 5.38. The molecule has 0 aliphatic rings. The van der Waals surface area contributed by atoms with Gasteiger partial charge in [0.15, 0.2) is 0 Å². The van der Waals surface area contributed by atoms with Gasteiger partial charge in [-0.05, 0) is 26.0 Å². The van der Waals surface area contributed by atoms with E-state index in [4.69, 9.17) is 0 Å². The molecule has 2 nitrogen and oxygen atoms in total. The van der Waals surface area contributed by atoms with Crippen molar-refractivity contribution in [1.82, 2.24) is 9.97 Å². The van der Waals surface area contributed by atoms with Gasteiger partial charge in [-0.3, -0.25) is 9.97 Å². The minimum atomic E-state index is 0. The predicted octanol–water partition coefficient (Wildman–Crippen LogP) is 3.40. The second kappa shape index (κ2) is 4.57. The van der Waals surface area contributed by atoms with E-state index in [1.165, 1.54) is 0 Å². The molecular formula is C14H12AgN2+. The van der Waals surface area contributed by atoms with Crippen molar-refractivity contribution in [3.8, 4) is 0 Å². The molecule has 3 aromatic rings. The van der Waals surface area contributed by atoms with Gasteiger partial charge in [0.05, 0.1) is 11.0 Å². The molecule has 2 aromatic heterocycles. The molecule has 88 valence electrons. The Bertz CT molecular complexity index is 631. The van der Waals surface area contributed by atoms with Gasteiger partial charge in [0.2, 0.25) is 0 Å². The Morgan fingerprint density at radius 2 is 1.00 bits per heavy atom. The molecule has 2 heterocycles. The van der Waals surface area contributed by atoms with E-state index >= 15 is 0 Å². The minimum Gasteiger partial charge on any atom is -0.251 e. The number of aryl methyl sites for hydroxylation is 2. The molecule has 0 aliphatic heterocycles. The van der Waals surface area contributed by atoms with Crippen molar-refractivity contribution in [1.29, 1.82) is 0 Å². The quantitative estimate of drug-likeness (QED) is 0.469. The number of rotatable bonds is 0. The Labute approximate surface area is 116 Å². The van der Waals surface area contributed by atoms with Gasteiger partial charge in [-0.25, -0.2) is 0 Å². The van der Waals surface area contributed by atoms with E-state index in [1.807, 2.05) is 26.0 Å². The molecule has 1 aromatic carbocycles. The molecular weight excluding hydrogens is 304 g/mol. The molecule has 3 heteroatoms. The Hall–Kier alpha value is -1.22. The van der Waals surface area contributed by atoms with Crippen molar-refractivity contribution >= 4 is 21.8 Å². The number of hydrogen-bond acceptors (Lipinski definition) is 2. The van der Waals surface area contributed by atoms with Gasteiger partial charge in [-0.1, -0.05) is 24.3 Å². The third kappa shape index (κ3) is 2.12. The van der Waals surface area contributed by atoms with Gasteiger partial charge in [0, 0.05) is 22.2 Å². The molecule has 0 aliphatic carbocycles. The van der Waals surface area contributed by atoms with Crippen molar-refractivity contribution in [2.24, 2.45) is 0 Å². The summed E-state index contributed by atoms with van der Waals surface area (Å²) in [6, 6.07) is 12.5. The van der Waals surface area contributed by atoms with Crippen LogP contribution in [-0.4, -0.2) is 9.97 Å². The second-order valence-corrected chi connectivity index (χ2v) is 4.11. The number of fused-ring (bicyclic) bond motifs is 3. The summed E-state index contributed by atoms with van der Waals surface area (Å²) in [7, 11) is 0. The monoisotopic (exact) mass is 315 g/mol. The zero-order valence-corrected chi connectivity index (χ0v) is 11.1. The van der Waals surface area contributed by atoms with Gasteiger partial charge < -0.3 is 0 Å². The Morgan fingerprint density at radius 3 is 1.41 bits per heavy atom. The standard InChI is InChI=1S/C14H12N2.Ag/c1-9-3-5-11-7-8-12-6-4-10(2)16-14(12)13(11)15-9;/h3-8H,1-2H3;/q;+1. The van der Waals surface area contributed by atoms with Crippen LogP contribution < -0.4 is 0 Å². The predicted molar refractivity (Wildman–Crippen MR) is 66.5 cm³/mol. The van der Waals surface area contributed by atoms with Crippen LogP contribution in [0.25, 0.3) is 21.8 Å². The zero-order chi connectivity index (χ0) is 11.1. The number of aromatic nitrogens is 2. The molecule has 17 heavy (non-hydrogen) atoms. The maximum atomic E-state index is 4.58. The molecule has 0 fully saturated rings. The topological polar surface area (TPSA) is 25.8 Å². The van der Waals surface area contributed by atoms with E-state index in [0.29, 0.717) is 0 Å². The van der Waals surface area contributed by atoms with Crippen LogP contribution in [0.5, 0.6) is 0 Å². The molecule has 0 atom stereocenters. The summed E-state index contributed by atoms with van der Waals surface area (Å²) in [6.45, 7) is 4.02. The van der Waals surface area contributed by atoms with Crippen molar-refractivity contribution < 1.29 is 22.4 Å². The summed E-state index contributed by atoms with van der Waals surface area (Å²) < 4.78 is 0. The van der Waals surface area contributed by atoms with E-state index in [1.54, 1.807) is 0 Å². The van der Waals surface area contributed by atoms with Crippen LogP contribution in [0.4, 0.5) is 0 Å². The van der Waals surface area contributed by atoms with Crippen LogP contribution in [0.1, 0.15) is 11.4 Å². The number of pyridine rings is 2. The van der Waals surface area contributed by atoms with Crippen molar-refractivity contribution in [2.75, 3.05) is 0 Å². The maximum Gasteiger partial charge on any atom is 1.00 e. The molecule has 0 spiro atoms. The number of benzene rings is 1. The van der Waals surface area contributed by atoms with E-state index in [0.717, 1.165) is 33.2 Å². The summed E-state index contributed by atoms with van der Waals surface area (Å²) in [4.78, 5) is 9.16. The third-order valence-corrected chi connectivity index (χ3v) is 2.80. The fraction of sp³-hybridized carbons (Fsp3) is 0.143. The summed E-state index contributed by atoms with van der Waals surface area (Å²) in [5.74, 6) is 0. The van der Waals surface area contributed by atoms with Gasteiger partial charge in [-0.2, -0.15) is 0 Å². The van der Waals surface area contributed by atoms with Gasteiger partial charge in [0.1, 0.15) is 0 Å². The van der Waals surface area contributed by atoms with Crippen molar-refractivity contribution in [3.05, 3.63) is 47.8 Å². The van der Waals surface area contributed by atoms with Crippen molar-refractivity contribution in [3.63, 3.8) is 0 Å². The SMILES string of the molecule is Cc1ccc2ccc3ccc(C)nc3c2n1.[Ag+]. The Kier molecular flexibility index (Phi) is 3.29. The summed E-state index contributed by atoms with van der Waals surface area (Å²) in [5, 5.41) is 2.30. The van der Waals surface area contributed by atoms with E-state index in [9.17, 15) is 0 Å². The summed E-state index contributed by atoms with van der Waals surface area (Å²) in [6.07, 6.45) is 0. The molecule has 0 unspecified atom stereocenters. The first-order chi connectivity index (χ1) is 7.74.